The smallest absolute Gasteiger partial charge is 0.426 e. The molecule has 2 rings (SSSR count). The van der Waals surface area contributed by atoms with Crippen LogP contribution >= 0.6 is 0 Å². The van der Waals surface area contributed by atoms with E-state index in [1.807, 2.05) is 30.3 Å². The van der Waals surface area contributed by atoms with Crippen LogP contribution in [0.4, 0.5) is 13.2 Å². The van der Waals surface area contributed by atoms with E-state index in [0.717, 1.165) is 12.5 Å². The summed E-state index contributed by atoms with van der Waals surface area (Å²) in [5.74, 6) is -4.43. The molecule has 1 aliphatic rings. The number of rotatable bonds is 10. The maximum atomic E-state index is 12.4. The molecule has 0 radical (unpaired) electrons. The van der Waals surface area contributed by atoms with Crippen molar-refractivity contribution in [2.24, 2.45) is 5.73 Å². The molecule has 0 spiro atoms. The molecule has 12 heteroatoms. The van der Waals surface area contributed by atoms with Crippen molar-refractivity contribution in [2.75, 3.05) is 13.2 Å². The van der Waals surface area contributed by atoms with E-state index in [1.54, 1.807) is 0 Å². The number of esters is 1. The molecule has 34 heavy (non-hydrogen) atoms. The van der Waals surface area contributed by atoms with Gasteiger partial charge in [-0.05, 0) is 31.2 Å². The van der Waals surface area contributed by atoms with Crippen LogP contribution in [0.3, 0.4) is 0 Å². The molecule has 1 heterocycles. The zero-order valence-electron chi connectivity index (χ0n) is 18.6. The average molecular weight is 487 g/mol. The maximum Gasteiger partial charge on any atom is 0.491 e. The fourth-order valence-corrected chi connectivity index (χ4v) is 2.98. The van der Waals surface area contributed by atoms with Crippen molar-refractivity contribution in [3.63, 3.8) is 0 Å². The Balaban J connectivity index is 1.98. The van der Waals surface area contributed by atoms with E-state index in [2.05, 4.69) is 15.5 Å². The van der Waals surface area contributed by atoms with Gasteiger partial charge in [-0.15, -0.1) is 5.48 Å². The number of hydroxylamine groups is 1. The molecule has 4 N–H and O–H groups in total. The van der Waals surface area contributed by atoms with Crippen LogP contribution in [-0.2, 0) is 35.1 Å². The third-order valence-corrected chi connectivity index (χ3v) is 4.88. The lowest BCUT2D eigenvalue weighted by molar-refractivity contribution is -0.219. The van der Waals surface area contributed by atoms with Crippen LogP contribution in [0.25, 0.3) is 0 Å². The lowest BCUT2D eigenvalue weighted by Gasteiger charge is -2.24. The minimum atomic E-state index is -5.33. The van der Waals surface area contributed by atoms with E-state index < -0.39 is 29.9 Å². The van der Waals surface area contributed by atoms with E-state index in [1.165, 1.54) is 12.2 Å². The Labute approximate surface area is 194 Å². The molecule has 0 unspecified atom stereocenters. The summed E-state index contributed by atoms with van der Waals surface area (Å²) in [6, 6.07) is 8.62. The summed E-state index contributed by atoms with van der Waals surface area (Å²) >= 11 is 0. The number of amides is 1. The van der Waals surface area contributed by atoms with Crippen LogP contribution in [0.15, 0.2) is 42.5 Å². The molecule has 2 atom stereocenters. The van der Waals surface area contributed by atoms with Crippen LogP contribution in [0, 0.1) is 0 Å². The molecule has 9 nitrogen and oxygen atoms in total. The first-order chi connectivity index (χ1) is 16.0. The van der Waals surface area contributed by atoms with Gasteiger partial charge in [0.15, 0.2) is 0 Å². The minimum absolute atomic E-state index is 0.0132. The SMILES string of the molecule is C[C@](N)(OC(=O)C(F)(F)F)C(=O)ON[C@H](/C=C/C(=O)NC1CCOCC1)CCc1ccccc1. The molecular weight excluding hydrogens is 459 g/mol. The molecule has 0 aromatic heterocycles. The lowest BCUT2D eigenvalue weighted by atomic mass is 10.1. The first kappa shape index (κ1) is 27.3. The van der Waals surface area contributed by atoms with Crippen molar-refractivity contribution < 1.29 is 41.9 Å². The van der Waals surface area contributed by atoms with Gasteiger partial charge in [-0.1, -0.05) is 36.4 Å². The van der Waals surface area contributed by atoms with Crippen LogP contribution in [0.5, 0.6) is 0 Å². The first-order valence-electron chi connectivity index (χ1n) is 10.6. The van der Waals surface area contributed by atoms with Crippen LogP contribution < -0.4 is 16.5 Å². The third kappa shape index (κ3) is 9.49. The number of benzene rings is 1. The van der Waals surface area contributed by atoms with Gasteiger partial charge >= 0.3 is 18.1 Å². The quantitative estimate of drug-likeness (QED) is 0.197. The number of halogens is 3. The number of ether oxygens (including phenoxy) is 2. The van der Waals surface area contributed by atoms with E-state index >= 15 is 0 Å². The van der Waals surface area contributed by atoms with Gasteiger partial charge < -0.3 is 19.6 Å². The van der Waals surface area contributed by atoms with Crippen molar-refractivity contribution in [3.8, 4) is 0 Å². The van der Waals surface area contributed by atoms with Crippen molar-refractivity contribution in [3.05, 3.63) is 48.0 Å². The van der Waals surface area contributed by atoms with Gasteiger partial charge in [0, 0.05) is 32.3 Å². The topological polar surface area (TPSA) is 129 Å². The molecule has 1 aliphatic heterocycles. The van der Waals surface area contributed by atoms with Crippen LogP contribution in [0.1, 0.15) is 31.7 Å². The van der Waals surface area contributed by atoms with E-state index in [0.29, 0.717) is 38.9 Å². The van der Waals surface area contributed by atoms with Crippen molar-refractivity contribution in [1.82, 2.24) is 10.8 Å². The largest absolute Gasteiger partial charge is 0.491 e. The summed E-state index contributed by atoms with van der Waals surface area (Å²) in [5, 5.41) is 2.85. The number of hydrogen-bond acceptors (Lipinski definition) is 8. The number of nitrogens with two attached hydrogens (primary N) is 1. The summed E-state index contributed by atoms with van der Waals surface area (Å²) in [5.41, 5.74) is 6.05. The van der Waals surface area contributed by atoms with Gasteiger partial charge in [0.05, 0.1) is 6.04 Å². The molecule has 0 aliphatic carbocycles. The molecule has 1 aromatic rings. The van der Waals surface area contributed by atoms with Gasteiger partial charge in [0.25, 0.3) is 5.72 Å². The molecule has 1 aromatic carbocycles. The third-order valence-electron chi connectivity index (χ3n) is 4.88. The summed E-state index contributed by atoms with van der Waals surface area (Å²) < 4.78 is 46.5. The molecular formula is C22H28F3N3O6. The molecule has 1 amide bonds. The Morgan fingerprint density at radius 2 is 1.82 bits per heavy atom. The zero-order valence-corrected chi connectivity index (χ0v) is 18.6. The molecule has 0 saturated carbocycles. The molecule has 1 fully saturated rings. The van der Waals surface area contributed by atoms with Gasteiger partial charge in [-0.3, -0.25) is 10.5 Å². The molecule has 0 bridgehead atoms. The summed E-state index contributed by atoms with van der Waals surface area (Å²) in [6.45, 7) is 1.88. The summed E-state index contributed by atoms with van der Waals surface area (Å²) in [4.78, 5) is 40.2. The number of alkyl halides is 3. The van der Waals surface area contributed by atoms with Gasteiger partial charge in [0.2, 0.25) is 5.91 Å². The van der Waals surface area contributed by atoms with Gasteiger partial charge in [-0.25, -0.2) is 9.59 Å². The number of carbonyl (C=O) groups excluding carboxylic acids is 3. The molecule has 188 valence electrons. The highest BCUT2D eigenvalue weighted by Crippen LogP contribution is 2.20. The van der Waals surface area contributed by atoms with E-state index in [-0.39, 0.29) is 11.9 Å². The maximum absolute atomic E-state index is 12.4. The molecule has 1 saturated heterocycles. The predicted molar refractivity (Wildman–Crippen MR) is 114 cm³/mol. The Morgan fingerprint density at radius 3 is 2.44 bits per heavy atom. The highest BCUT2D eigenvalue weighted by atomic mass is 19.4. The number of hydrogen-bond donors (Lipinski definition) is 3. The Morgan fingerprint density at radius 1 is 1.18 bits per heavy atom. The Hall–Kier alpha value is -2.96. The summed E-state index contributed by atoms with van der Waals surface area (Å²) in [7, 11) is 0. The number of carbonyl (C=O) groups is 3. The Kier molecular flexibility index (Phi) is 10.0. The van der Waals surface area contributed by atoms with Crippen LogP contribution in [0.2, 0.25) is 0 Å². The first-order valence-corrected chi connectivity index (χ1v) is 10.6. The van der Waals surface area contributed by atoms with Gasteiger partial charge in [0.1, 0.15) is 0 Å². The van der Waals surface area contributed by atoms with E-state index in [4.69, 9.17) is 15.3 Å². The Bertz CT molecular complexity index is 855. The monoisotopic (exact) mass is 487 g/mol. The number of nitrogens with one attached hydrogen (secondary N) is 2. The van der Waals surface area contributed by atoms with Gasteiger partial charge in [-0.2, -0.15) is 13.2 Å². The highest BCUT2D eigenvalue weighted by Gasteiger charge is 2.47. The van der Waals surface area contributed by atoms with Crippen molar-refractivity contribution in [2.45, 2.75) is 56.6 Å². The standard InChI is InChI=1S/C22H28F3N3O6/c1-21(26,33-20(31)22(23,24)25)19(30)34-28-17(8-7-15-5-3-2-4-6-15)9-10-18(29)27-16-11-13-32-14-12-16/h2-6,9-10,16-17,28H,7-8,11-14,26H2,1H3,(H,27,29)/b10-9+/t17-,21-/m0/s1. The van der Waals surface area contributed by atoms with E-state index in [9.17, 15) is 27.6 Å². The fourth-order valence-electron chi connectivity index (χ4n) is 2.98. The van der Waals surface area contributed by atoms with Crippen molar-refractivity contribution >= 4 is 17.8 Å². The lowest BCUT2D eigenvalue weighted by Crippen LogP contribution is -2.53. The summed E-state index contributed by atoms with van der Waals surface area (Å²) in [6.07, 6.45) is -0.311. The second-order valence-corrected chi connectivity index (χ2v) is 7.89. The minimum Gasteiger partial charge on any atom is -0.426 e. The van der Waals surface area contributed by atoms with Crippen molar-refractivity contribution in [1.29, 1.82) is 0 Å². The predicted octanol–water partition coefficient (Wildman–Crippen LogP) is 1.67. The second-order valence-electron chi connectivity index (χ2n) is 7.89. The zero-order chi connectivity index (χ0) is 25.2. The highest BCUT2D eigenvalue weighted by molar-refractivity contribution is 5.87. The fraction of sp³-hybridized carbons (Fsp3) is 0.500. The average Bonchev–Trinajstić information content (AvgIpc) is 2.78. The normalized spacial score (nSPS) is 17.6. The van der Waals surface area contributed by atoms with Crippen LogP contribution in [-0.4, -0.2) is 55.0 Å². The number of aryl methyl sites for hydroxylation is 1. The second kappa shape index (κ2) is 12.5.